The maximum absolute atomic E-state index is 12.1. The number of likely N-dealkylation sites (tertiary alicyclic amines) is 1. The van der Waals surface area contributed by atoms with Crippen LogP contribution in [-0.2, 0) is 9.59 Å². The normalized spacial score (nSPS) is 18.5. The van der Waals surface area contributed by atoms with Crippen molar-refractivity contribution in [2.45, 2.75) is 13.3 Å². The number of hydrogen-bond acceptors (Lipinski definition) is 4. The summed E-state index contributed by atoms with van der Waals surface area (Å²) in [5.74, 6) is -0.605. The van der Waals surface area contributed by atoms with Crippen LogP contribution in [-0.4, -0.2) is 29.8 Å². The molecule has 100 valence electrons. The van der Waals surface area contributed by atoms with Gasteiger partial charge in [0, 0.05) is 24.9 Å². The lowest BCUT2D eigenvalue weighted by molar-refractivity contribution is -0.128. The molecule has 1 fully saturated rings. The van der Waals surface area contributed by atoms with Crippen molar-refractivity contribution in [2.24, 2.45) is 5.92 Å². The molecule has 2 heterocycles. The summed E-state index contributed by atoms with van der Waals surface area (Å²) in [6.07, 6.45) is 0.223. The highest BCUT2D eigenvalue weighted by Crippen LogP contribution is 2.32. The average molecular weight is 298 g/mol. The molecule has 1 aromatic heterocycles. The number of hydrogen-bond donors (Lipinski definition) is 1. The Hall–Kier alpha value is -1.58. The average Bonchev–Trinajstić information content (AvgIpc) is 2.93. The molecule has 1 unspecified atom stereocenters. The number of halogens is 1. The smallest absolute Gasteiger partial charge is 0.230 e. The van der Waals surface area contributed by atoms with Gasteiger partial charge in [0.15, 0.2) is 0 Å². The summed E-state index contributed by atoms with van der Waals surface area (Å²) in [7, 11) is 0. The zero-order chi connectivity index (χ0) is 14.0. The summed E-state index contributed by atoms with van der Waals surface area (Å²) < 4.78 is 0. The lowest BCUT2D eigenvalue weighted by Gasteiger charge is -2.13. The molecule has 1 N–H and O–H groups in total. The minimum Gasteiger partial charge on any atom is -0.342 e. The summed E-state index contributed by atoms with van der Waals surface area (Å²) in [5.41, 5.74) is 0.275. The van der Waals surface area contributed by atoms with Crippen molar-refractivity contribution in [1.82, 2.24) is 4.90 Å². The highest BCUT2D eigenvalue weighted by Gasteiger charge is 2.33. The molecule has 1 aliphatic rings. The van der Waals surface area contributed by atoms with Gasteiger partial charge in [0.2, 0.25) is 11.8 Å². The van der Waals surface area contributed by atoms with Crippen molar-refractivity contribution in [3.8, 4) is 6.07 Å². The number of amides is 2. The van der Waals surface area contributed by atoms with Gasteiger partial charge >= 0.3 is 0 Å². The predicted molar refractivity (Wildman–Crippen MR) is 73.0 cm³/mol. The predicted octanol–water partition coefficient (Wildman–Crippen LogP) is 2.08. The molecule has 1 saturated heterocycles. The first-order chi connectivity index (χ1) is 9.06. The maximum Gasteiger partial charge on any atom is 0.230 e. The third kappa shape index (κ3) is 2.72. The van der Waals surface area contributed by atoms with Crippen LogP contribution in [0.4, 0.5) is 5.00 Å². The molecular formula is C12H12ClN3O2S. The summed E-state index contributed by atoms with van der Waals surface area (Å²) in [6, 6.07) is 1.95. The molecule has 7 heteroatoms. The molecule has 0 radical (unpaired) electrons. The zero-order valence-electron chi connectivity index (χ0n) is 10.3. The van der Waals surface area contributed by atoms with Gasteiger partial charge in [-0.05, 0) is 6.92 Å². The van der Waals surface area contributed by atoms with Crippen LogP contribution >= 0.6 is 22.9 Å². The van der Waals surface area contributed by atoms with Gasteiger partial charge < -0.3 is 10.2 Å². The van der Waals surface area contributed by atoms with Crippen LogP contribution in [0.3, 0.4) is 0 Å². The van der Waals surface area contributed by atoms with E-state index in [0.717, 1.165) is 0 Å². The van der Waals surface area contributed by atoms with Crippen LogP contribution in [0.2, 0.25) is 5.02 Å². The maximum atomic E-state index is 12.1. The lowest BCUT2D eigenvalue weighted by atomic mass is 10.1. The zero-order valence-corrected chi connectivity index (χ0v) is 11.8. The quantitative estimate of drug-likeness (QED) is 0.928. The van der Waals surface area contributed by atoms with Crippen molar-refractivity contribution in [3.05, 3.63) is 16.0 Å². The number of nitriles is 1. The van der Waals surface area contributed by atoms with Crippen LogP contribution in [0.25, 0.3) is 0 Å². The van der Waals surface area contributed by atoms with Crippen LogP contribution in [0.5, 0.6) is 0 Å². The SMILES string of the molecule is CCN1CC(C(=O)Nc2scc(Cl)c2C#N)CC1=O. The Morgan fingerprint density at radius 1 is 1.74 bits per heavy atom. The Kier molecular flexibility index (Phi) is 4.08. The van der Waals surface area contributed by atoms with E-state index in [4.69, 9.17) is 16.9 Å². The van der Waals surface area contributed by atoms with Gasteiger partial charge in [-0.1, -0.05) is 11.6 Å². The Morgan fingerprint density at radius 2 is 2.47 bits per heavy atom. The van der Waals surface area contributed by atoms with E-state index in [1.807, 2.05) is 13.0 Å². The van der Waals surface area contributed by atoms with E-state index in [0.29, 0.717) is 23.1 Å². The van der Waals surface area contributed by atoms with Gasteiger partial charge in [-0.2, -0.15) is 5.26 Å². The second kappa shape index (κ2) is 5.59. The Balaban J connectivity index is 2.06. The molecule has 1 aliphatic heterocycles. The summed E-state index contributed by atoms with van der Waals surface area (Å²) >= 11 is 7.04. The summed E-state index contributed by atoms with van der Waals surface area (Å²) in [6.45, 7) is 2.92. The molecule has 1 aromatic rings. The standard InChI is InChI=1S/C12H12ClN3O2S/c1-2-16-5-7(3-10(16)17)11(18)15-12-8(4-14)9(13)6-19-12/h6-7H,2-3,5H2,1H3,(H,15,18). The number of thiophene rings is 1. The Labute approximate surface area is 119 Å². The fraction of sp³-hybridized carbons (Fsp3) is 0.417. The first kappa shape index (κ1) is 13.8. The van der Waals surface area contributed by atoms with Gasteiger partial charge in [0.05, 0.1) is 10.9 Å². The fourth-order valence-electron chi connectivity index (χ4n) is 2.00. The number of carbonyl (C=O) groups excluding carboxylic acids is 2. The highest BCUT2D eigenvalue weighted by atomic mass is 35.5. The molecule has 5 nitrogen and oxygen atoms in total. The van der Waals surface area contributed by atoms with E-state index < -0.39 is 0 Å². The van der Waals surface area contributed by atoms with Gasteiger partial charge in [0.1, 0.15) is 16.6 Å². The molecule has 0 spiro atoms. The van der Waals surface area contributed by atoms with Crippen molar-refractivity contribution in [1.29, 1.82) is 5.26 Å². The van der Waals surface area contributed by atoms with Gasteiger partial charge in [-0.3, -0.25) is 9.59 Å². The molecule has 0 aromatic carbocycles. The molecule has 0 aliphatic carbocycles. The second-order valence-corrected chi connectivity index (χ2v) is 5.51. The van der Waals surface area contributed by atoms with E-state index in [9.17, 15) is 9.59 Å². The van der Waals surface area contributed by atoms with Crippen molar-refractivity contribution >= 4 is 39.8 Å². The number of rotatable bonds is 3. The van der Waals surface area contributed by atoms with Gasteiger partial charge in [0.25, 0.3) is 0 Å². The summed E-state index contributed by atoms with van der Waals surface area (Å²) in [4.78, 5) is 25.3. The van der Waals surface area contributed by atoms with Gasteiger partial charge in [-0.25, -0.2) is 0 Å². The molecule has 2 rings (SSSR count). The third-order valence-electron chi connectivity index (χ3n) is 3.06. The lowest BCUT2D eigenvalue weighted by Crippen LogP contribution is -2.28. The molecular weight excluding hydrogens is 286 g/mol. The first-order valence-electron chi connectivity index (χ1n) is 5.82. The van der Waals surface area contributed by atoms with Crippen LogP contribution in [0, 0.1) is 17.2 Å². The van der Waals surface area contributed by atoms with Crippen molar-refractivity contribution < 1.29 is 9.59 Å². The van der Waals surface area contributed by atoms with Gasteiger partial charge in [-0.15, -0.1) is 11.3 Å². The van der Waals surface area contributed by atoms with E-state index in [1.165, 1.54) is 11.3 Å². The fourth-order valence-corrected chi connectivity index (χ4v) is 3.10. The molecule has 0 bridgehead atoms. The third-order valence-corrected chi connectivity index (χ3v) is 4.38. The number of nitrogens with zero attached hydrogens (tertiary/aromatic N) is 2. The van der Waals surface area contributed by atoms with Crippen molar-refractivity contribution in [2.75, 3.05) is 18.4 Å². The van der Waals surface area contributed by atoms with E-state index >= 15 is 0 Å². The Bertz CT molecular complexity index is 564. The number of nitrogens with one attached hydrogen (secondary N) is 1. The highest BCUT2D eigenvalue weighted by molar-refractivity contribution is 7.15. The Morgan fingerprint density at radius 3 is 3.05 bits per heavy atom. The van der Waals surface area contributed by atoms with E-state index in [2.05, 4.69) is 5.32 Å². The minimum atomic E-state index is -0.361. The minimum absolute atomic E-state index is 0.00707. The topological polar surface area (TPSA) is 73.2 Å². The number of carbonyl (C=O) groups is 2. The molecule has 2 amide bonds. The monoisotopic (exact) mass is 297 g/mol. The number of anilines is 1. The first-order valence-corrected chi connectivity index (χ1v) is 7.08. The van der Waals surface area contributed by atoms with E-state index in [1.54, 1.807) is 10.3 Å². The molecule has 0 saturated carbocycles. The van der Waals surface area contributed by atoms with Crippen LogP contribution < -0.4 is 5.32 Å². The largest absolute Gasteiger partial charge is 0.342 e. The summed E-state index contributed by atoms with van der Waals surface area (Å²) in [5, 5.41) is 14.0. The second-order valence-electron chi connectivity index (χ2n) is 4.22. The van der Waals surface area contributed by atoms with E-state index in [-0.39, 0.29) is 29.7 Å². The van der Waals surface area contributed by atoms with Crippen LogP contribution in [0.15, 0.2) is 5.38 Å². The van der Waals surface area contributed by atoms with Crippen LogP contribution in [0.1, 0.15) is 18.9 Å². The molecule has 19 heavy (non-hydrogen) atoms. The molecule has 1 atom stereocenters. The van der Waals surface area contributed by atoms with Crippen molar-refractivity contribution in [3.63, 3.8) is 0 Å².